The first-order chi connectivity index (χ1) is 25.6. The van der Waals surface area contributed by atoms with Gasteiger partial charge in [0.25, 0.3) is 0 Å². The Balaban J connectivity index is 1.35. The van der Waals surface area contributed by atoms with Gasteiger partial charge in [-0.1, -0.05) is 160 Å². The molecule has 2 heterocycles. The van der Waals surface area contributed by atoms with E-state index in [9.17, 15) is 0 Å². The van der Waals surface area contributed by atoms with Crippen LogP contribution in [0.25, 0.3) is 43.8 Å². The van der Waals surface area contributed by atoms with Gasteiger partial charge in [-0.2, -0.15) is 0 Å². The summed E-state index contributed by atoms with van der Waals surface area (Å²) in [7, 11) is 32.7. The molecule has 2 aliphatic rings. The Hall–Kier alpha value is -3.85. The molecule has 0 saturated carbocycles. The zero-order valence-corrected chi connectivity index (χ0v) is 33.2. The summed E-state index contributed by atoms with van der Waals surface area (Å²) in [5.41, 5.74) is 12.2. The molecule has 7 aromatic rings. The van der Waals surface area contributed by atoms with Gasteiger partial charge in [0.2, 0.25) is 6.71 Å². The van der Waals surface area contributed by atoms with Crippen LogP contribution in [0, 0.1) is 0 Å². The molecule has 7 aromatic carbocycles. The molecule has 0 saturated heterocycles. The van der Waals surface area contributed by atoms with Gasteiger partial charge in [-0.25, -0.2) is 0 Å². The molecule has 8 heteroatoms. The molecule has 0 unspecified atom stereocenters. The average molecular weight is 716 g/mol. The zero-order chi connectivity index (χ0) is 38.0. The fraction of sp³-hybridized carbons (Fsp3) is 0.174. The molecule has 0 nitrogen and oxygen atoms in total. The fourth-order valence-corrected chi connectivity index (χ4v) is 11.0. The second kappa shape index (κ2) is 12.6. The van der Waals surface area contributed by atoms with E-state index in [1.165, 1.54) is 58.2 Å². The van der Waals surface area contributed by atoms with E-state index in [4.69, 9.17) is 39.2 Å². The van der Waals surface area contributed by atoms with E-state index in [1.54, 1.807) is 0 Å². The molecule has 9 rings (SSSR count). The summed E-state index contributed by atoms with van der Waals surface area (Å²) in [6.45, 7) is 13.9. The summed E-state index contributed by atoms with van der Waals surface area (Å²) in [5.74, 6) is 0. The van der Waals surface area contributed by atoms with Crippen molar-refractivity contribution in [2.24, 2.45) is 0 Å². The average Bonchev–Trinajstić information content (AvgIpc) is 3.14. The predicted molar refractivity (Wildman–Crippen MR) is 242 cm³/mol. The van der Waals surface area contributed by atoms with Crippen LogP contribution in [-0.4, -0.2) is 45.9 Å². The van der Waals surface area contributed by atoms with Gasteiger partial charge in [-0.15, -0.1) is 16.4 Å². The summed E-state index contributed by atoms with van der Waals surface area (Å²) in [4.78, 5) is 5.26. The maximum atomic E-state index is 6.76. The van der Waals surface area contributed by atoms with Gasteiger partial charge >= 0.3 is 0 Å². The lowest BCUT2D eigenvalue weighted by Gasteiger charge is -2.35. The van der Waals surface area contributed by atoms with Crippen molar-refractivity contribution < 1.29 is 0 Å². The summed E-state index contributed by atoms with van der Waals surface area (Å²) in [5, 5.41) is 4.21. The Labute approximate surface area is 335 Å². The third-order valence-corrected chi connectivity index (χ3v) is 13.6. The van der Waals surface area contributed by atoms with E-state index in [1.807, 2.05) is 23.5 Å². The molecule has 0 amide bonds. The molecule has 248 valence electrons. The fourth-order valence-electron chi connectivity index (χ4n) is 8.40. The van der Waals surface area contributed by atoms with Crippen molar-refractivity contribution in [3.63, 3.8) is 0 Å². The normalized spacial score (nSPS) is 13.6. The van der Waals surface area contributed by atoms with Crippen molar-refractivity contribution in [1.82, 2.24) is 0 Å². The van der Waals surface area contributed by atoms with Crippen molar-refractivity contribution in [3.8, 4) is 22.3 Å². The number of hydrogen-bond donors (Lipinski definition) is 0. The molecule has 0 N–H and O–H groups in total. The highest BCUT2D eigenvalue weighted by Gasteiger charge is 2.39. The van der Waals surface area contributed by atoms with E-state index < -0.39 is 0 Å². The Morgan fingerprint density at radius 2 is 0.815 bits per heavy atom. The van der Waals surface area contributed by atoms with E-state index in [0.29, 0.717) is 16.5 Å². The highest BCUT2D eigenvalue weighted by molar-refractivity contribution is 8.01. The quantitative estimate of drug-likeness (QED) is 0.175. The minimum atomic E-state index is 0.0387. The van der Waals surface area contributed by atoms with Crippen LogP contribution in [0.5, 0.6) is 0 Å². The number of benzene rings is 7. The summed E-state index contributed by atoms with van der Waals surface area (Å²) < 4.78 is 0. The molecular weight excluding hydrogens is 682 g/mol. The number of hydrogen-bond acceptors (Lipinski definition) is 2. The third kappa shape index (κ3) is 5.45. The van der Waals surface area contributed by atoms with E-state index >= 15 is 0 Å². The van der Waals surface area contributed by atoms with E-state index in [-0.39, 0.29) is 33.9 Å². The van der Waals surface area contributed by atoms with Gasteiger partial charge in [-0.05, 0) is 95.5 Å². The van der Waals surface area contributed by atoms with Crippen LogP contribution < -0.4 is 43.7 Å². The smallest absolute Gasteiger partial charge is 0.112 e. The highest BCUT2D eigenvalue weighted by Crippen LogP contribution is 2.47. The van der Waals surface area contributed by atoms with Gasteiger partial charge in [0.15, 0.2) is 0 Å². The van der Waals surface area contributed by atoms with Crippen molar-refractivity contribution in [2.75, 3.05) is 0 Å². The molecule has 0 atom stereocenters. The summed E-state index contributed by atoms with van der Waals surface area (Å²) in [6.07, 6.45) is 0. The zero-order valence-electron chi connectivity index (χ0n) is 31.5. The second-order valence-electron chi connectivity index (χ2n) is 16.8. The monoisotopic (exact) mass is 716 g/mol. The van der Waals surface area contributed by atoms with E-state index in [2.05, 4.69) is 139 Å². The Kier molecular flexibility index (Phi) is 8.35. The summed E-state index contributed by atoms with van der Waals surface area (Å²) >= 11 is 3.81. The molecule has 0 bridgehead atoms. The minimum absolute atomic E-state index is 0.0387. The number of fused-ring (bicyclic) bond motifs is 6. The van der Waals surface area contributed by atoms with Crippen LogP contribution in [0.3, 0.4) is 0 Å². The molecule has 0 aromatic heterocycles. The predicted octanol–water partition coefficient (Wildman–Crippen LogP) is 5.34. The largest absolute Gasteiger partial charge is 0.247 e. The molecule has 54 heavy (non-hydrogen) atoms. The van der Waals surface area contributed by atoms with Gasteiger partial charge in [-0.3, -0.25) is 0 Å². The van der Waals surface area contributed by atoms with E-state index in [0.717, 1.165) is 27.1 Å². The number of rotatable bonds is 2. The van der Waals surface area contributed by atoms with Crippen LogP contribution in [0.15, 0.2) is 117 Å². The lowest BCUT2D eigenvalue weighted by atomic mass is 9.36. The van der Waals surface area contributed by atoms with Crippen molar-refractivity contribution in [3.05, 3.63) is 108 Å². The Bertz CT molecular complexity index is 2580. The molecular formula is C46H34B6S2. The first-order valence-electron chi connectivity index (χ1n) is 18.4. The van der Waals surface area contributed by atoms with Crippen molar-refractivity contribution in [1.29, 1.82) is 0 Å². The molecule has 0 fully saturated rings. The minimum Gasteiger partial charge on any atom is -0.112 e. The lowest BCUT2D eigenvalue weighted by molar-refractivity contribution is 0.589. The van der Waals surface area contributed by atoms with Crippen molar-refractivity contribution >= 4 is 135 Å². The highest BCUT2D eigenvalue weighted by atomic mass is 32.2. The standard InChI is InChI=1S/C46H34B6S2/c1-45(2,3)24-15-17-30-32(21-24)53-34-19-23(20-35-44(34)52(30)31-18-16-25(46(4,5)6)22-33(31)54-35)36-26-11-7-9-13-28(26)37(29-14-10-8-12-27(29)36)38-39(47)41(49)43(51)42(50)40(38)48/h7-22H,1-6H3. The van der Waals surface area contributed by atoms with Gasteiger partial charge < -0.3 is 0 Å². The first kappa shape index (κ1) is 35.8. The molecule has 0 aliphatic carbocycles. The van der Waals surface area contributed by atoms with Gasteiger partial charge in [0.05, 0.1) is 0 Å². The Morgan fingerprint density at radius 1 is 0.426 bits per heavy atom. The molecule has 10 radical (unpaired) electrons. The van der Waals surface area contributed by atoms with Crippen LogP contribution >= 0.6 is 23.5 Å². The van der Waals surface area contributed by atoms with Crippen LogP contribution in [0.4, 0.5) is 0 Å². The second-order valence-corrected chi connectivity index (χ2v) is 19.0. The lowest BCUT2D eigenvalue weighted by Crippen LogP contribution is -2.58. The van der Waals surface area contributed by atoms with Crippen LogP contribution in [0.1, 0.15) is 52.7 Å². The third-order valence-electron chi connectivity index (χ3n) is 11.4. The van der Waals surface area contributed by atoms with Gasteiger partial charge in [0, 0.05) is 19.6 Å². The van der Waals surface area contributed by atoms with Gasteiger partial charge in [0.1, 0.15) is 39.2 Å². The maximum absolute atomic E-state index is 6.76. The van der Waals surface area contributed by atoms with Crippen molar-refractivity contribution in [2.45, 2.75) is 72.0 Å². The first-order valence-corrected chi connectivity index (χ1v) is 20.0. The Morgan fingerprint density at radius 3 is 1.22 bits per heavy atom. The molecule has 2 aliphatic heterocycles. The summed E-state index contributed by atoms with van der Waals surface area (Å²) in [6, 6.07) is 36.1. The van der Waals surface area contributed by atoms with Crippen LogP contribution in [0.2, 0.25) is 0 Å². The SMILES string of the molecule is [B]c1c([B])c([B])c(-c2c3ccccc3c(-c3cc4c5c(c3)Sc3cc(C(C)(C)C)ccc3B5c3ccc(C(C)(C)C)cc3S4)c3ccccc23)c([B])c1[B]. The molecule has 0 spiro atoms. The topological polar surface area (TPSA) is 0 Å². The van der Waals surface area contributed by atoms with Crippen LogP contribution in [-0.2, 0) is 10.8 Å². The maximum Gasteiger partial charge on any atom is 0.247 e.